The molecular weight excluding hydrogens is 472 g/mol. The van der Waals surface area contributed by atoms with Crippen LogP contribution in [0.2, 0.25) is 0 Å². The number of tetrazole rings is 1. The first-order valence-electron chi connectivity index (χ1n) is 12.0. The van der Waals surface area contributed by atoms with Crippen LogP contribution in [0.3, 0.4) is 0 Å². The highest BCUT2D eigenvalue weighted by atomic mass is 16.5. The van der Waals surface area contributed by atoms with Crippen molar-refractivity contribution in [2.24, 2.45) is 5.73 Å². The molecule has 1 aliphatic rings. The summed E-state index contributed by atoms with van der Waals surface area (Å²) in [5.74, 6) is 0.474. The molecule has 3 heterocycles. The van der Waals surface area contributed by atoms with Crippen LogP contribution in [0.5, 0.6) is 0 Å². The summed E-state index contributed by atoms with van der Waals surface area (Å²) in [5, 5.41) is 21.4. The number of amides is 2. The summed E-state index contributed by atoms with van der Waals surface area (Å²) in [5.41, 5.74) is 9.25. The Balaban J connectivity index is 1.42. The van der Waals surface area contributed by atoms with Crippen LogP contribution in [0.4, 0.5) is 5.69 Å². The lowest BCUT2D eigenvalue weighted by molar-refractivity contribution is -0.128. The zero-order chi connectivity index (χ0) is 26.0. The molecule has 2 aromatic carbocycles. The standard InChI is InChI=1S/C26H28N8O3/c1-26(2,27)14-23(35)28-20-12-11-16-7-3-6-10-22(16)34(25(20)36)15-17-13-21(31-37-17)18-8-4-5-9-19(18)24-29-32-33-30-24/h3-10,13,20H,11-12,14-15,27H2,1-2H3,(H,28,35)(H,29,30,32,33)/t20-/m1/s1. The summed E-state index contributed by atoms with van der Waals surface area (Å²) in [6.07, 6.45) is 1.26. The maximum atomic E-state index is 13.7. The Bertz CT molecular complexity index is 1410. The molecule has 5 rings (SSSR count). The molecule has 4 N–H and O–H groups in total. The van der Waals surface area contributed by atoms with E-state index in [4.69, 9.17) is 10.3 Å². The van der Waals surface area contributed by atoms with Gasteiger partial charge in [-0.1, -0.05) is 47.6 Å². The number of hydrogen-bond acceptors (Lipinski definition) is 8. The van der Waals surface area contributed by atoms with Crippen molar-refractivity contribution in [3.8, 4) is 22.6 Å². The highest BCUT2D eigenvalue weighted by Crippen LogP contribution is 2.32. The topological polar surface area (TPSA) is 156 Å². The normalized spacial score (nSPS) is 15.8. The average Bonchev–Trinajstić information content (AvgIpc) is 3.54. The number of nitrogens with one attached hydrogen (secondary N) is 2. The van der Waals surface area contributed by atoms with Crippen LogP contribution in [0.1, 0.15) is 38.0 Å². The molecule has 0 saturated carbocycles. The number of nitrogens with zero attached hydrogens (tertiary/aromatic N) is 5. The molecular formula is C26H28N8O3. The van der Waals surface area contributed by atoms with Gasteiger partial charge in [0.05, 0.1) is 6.54 Å². The number of benzene rings is 2. The summed E-state index contributed by atoms with van der Waals surface area (Å²) in [4.78, 5) is 27.9. The number of hydrogen-bond donors (Lipinski definition) is 3. The number of H-pyrrole nitrogens is 1. The maximum absolute atomic E-state index is 13.7. The highest BCUT2D eigenvalue weighted by Gasteiger charge is 2.33. The van der Waals surface area contributed by atoms with Crippen molar-refractivity contribution in [3.63, 3.8) is 0 Å². The molecule has 0 saturated heterocycles. The first kappa shape index (κ1) is 24.3. The molecule has 0 fully saturated rings. The molecule has 0 radical (unpaired) electrons. The Morgan fingerprint density at radius 3 is 2.70 bits per heavy atom. The Hall–Kier alpha value is -4.38. The summed E-state index contributed by atoms with van der Waals surface area (Å²) in [7, 11) is 0. The number of aromatic amines is 1. The van der Waals surface area contributed by atoms with E-state index < -0.39 is 11.6 Å². The van der Waals surface area contributed by atoms with Crippen LogP contribution in [-0.2, 0) is 22.6 Å². The third kappa shape index (κ3) is 5.41. The van der Waals surface area contributed by atoms with Crippen molar-refractivity contribution < 1.29 is 14.1 Å². The molecule has 0 bridgehead atoms. The van der Waals surface area contributed by atoms with Gasteiger partial charge >= 0.3 is 0 Å². The zero-order valence-corrected chi connectivity index (χ0v) is 20.6. The highest BCUT2D eigenvalue weighted by molar-refractivity contribution is 6.00. The van der Waals surface area contributed by atoms with E-state index in [0.29, 0.717) is 30.1 Å². The third-order valence-corrected chi connectivity index (χ3v) is 6.16. The van der Waals surface area contributed by atoms with Crippen LogP contribution in [0.15, 0.2) is 59.1 Å². The van der Waals surface area contributed by atoms with Gasteiger partial charge in [-0.3, -0.25) is 9.59 Å². The quantitative estimate of drug-likeness (QED) is 0.350. The number of para-hydroxylation sites is 1. The summed E-state index contributed by atoms with van der Waals surface area (Å²) >= 11 is 0. The molecule has 2 amide bonds. The van der Waals surface area contributed by atoms with Gasteiger partial charge in [0.15, 0.2) is 5.76 Å². The van der Waals surface area contributed by atoms with E-state index in [1.54, 1.807) is 24.8 Å². The third-order valence-electron chi connectivity index (χ3n) is 6.16. The van der Waals surface area contributed by atoms with E-state index in [0.717, 1.165) is 22.4 Å². The van der Waals surface area contributed by atoms with E-state index in [1.165, 1.54) is 0 Å². The summed E-state index contributed by atoms with van der Waals surface area (Å²) < 4.78 is 5.67. The van der Waals surface area contributed by atoms with Gasteiger partial charge in [-0.05, 0) is 43.5 Å². The smallest absolute Gasteiger partial charge is 0.249 e. The van der Waals surface area contributed by atoms with Crippen molar-refractivity contribution in [3.05, 3.63) is 65.9 Å². The van der Waals surface area contributed by atoms with E-state index in [-0.39, 0.29) is 24.8 Å². The average molecular weight is 501 g/mol. The molecule has 0 spiro atoms. The molecule has 2 aromatic heterocycles. The zero-order valence-electron chi connectivity index (χ0n) is 20.6. The monoisotopic (exact) mass is 500 g/mol. The minimum absolute atomic E-state index is 0.120. The fraction of sp³-hybridized carbons (Fsp3) is 0.308. The van der Waals surface area contributed by atoms with Crippen LogP contribution < -0.4 is 16.0 Å². The van der Waals surface area contributed by atoms with Gasteiger partial charge in [-0.2, -0.15) is 5.21 Å². The number of rotatable bonds is 7. The second kappa shape index (κ2) is 9.94. The number of anilines is 1. The Morgan fingerprint density at radius 2 is 1.95 bits per heavy atom. The molecule has 0 aliphatic carbocycles. The minimum Gasteiger partial charge on any atom is -0.359 e. The van der Waals surface area contributed by atoms with Gasteiger partial charge in [0, 0.05) is 34.8 Å². The molecule has 37 heavy (non-hydrogen) atoms. The number of fused-ring (bicyclic) bond motifs is 1. The first-order valence-corrected chi connectivity index (χ1v) is 12.0. The minimum atomic E-state index is -0.677. The molecule has 1 aliphatic heterocycles. The van der Waals surface area contributed by atoms with E-state index >= 15 is 0 Å². The number of aryl methyl sites for hydroxylation is 1. The summed E-state index contributed by atoms with van der Waals surface area (Å²) in [6, 6.07) is 16.4. The van der Waals surface area contributed by atoms with Crippen molar-refractivity contribution in [2.75, 3.05) is 4.90 Å². The second-order valence-electron chi connectivity index (χ2n) is 9.84. The van der Waals surface area contributed by atoms with Crippen molar-refractivity contribution >= 4 is 17.5 Å². The first-order chi connectivity index (χ1) is 17.8. The van der Waals surface area contributed by atoms with E-state index in [2.05, 4.69) is 31.1 Å². The van der Waals surface area contributed by atoms with Gasteiger partial charge in [0.25, 0.3) is 0 Å². The van der Waals surface area contributed by atoms with Crippen molar-refractivity contribution in [1.29, 1.82) is 0 Å². The van der Waals surface area contributed by atoms with Gasteiger partial charge in [-0.15, -0.1) is 10.2 Å². The molecule has 11 heteroatoms. The molecule has 1 atom stereocenters. The van der Waals surface area contributed by atoms with Crippen LogP contribution in [0.25, 0.3) is 22.6 Å². The van der Waals surface area contributed by atoms with Gasteiger partial charge in [0.1, 0.15) is 11.7 Å². The molecule has 4 aromatic rings. The maximum Gasteiger partial charge on any atom is 0.249 e. The SMILES string of the molecule is CC(C)(N)CC(=O)N[C@@H]1CCc2ccccc2N(Cc2cc(-c3ccccc3-c3nn[nH]n3)no2)C1=O. The Morgan fingerprint density at radius 1 is 1.19 bits per heavy atom. The van der Waals surface area contributed by atoms with Crippen LogP contribution in [0, 0.1) is 0 Å². The fourth-order valence-electron chi connectivity index (χ4n) is 4.52. The number of aromatic nitrogens is 5. The molecule has 11 nitrogen and oxygen atoms in total. The van der Waals surface area contributed by atoms with Crippen molar-refractivity contribution in [1.82, 2.24) is 31.1 Å². The predicted molar refractivity (Wildman–Crippen MR) is 136 cm³/mol. The van der Waals surface area contributed by atoms with Gasteiger partial charge < -0.3 is 20.5 Å². The number of nitrogens with two attached hydrogens (primary N) is 1. The fourth-order valence-corrected chi connectivity index (χ4v) is 4.52. The van der Waals surface area contributed by atoms with Gasteiger partial charge in [0.2, 0.25) is 17.6 Å². The molecule has 190 valence electrons. The Kier molecular flexibility index (Phi) is 6.53. The molecule has 0 unspecified atom stereocenters. The lowest BCUT2D eigenvalue weighted by Crippen LogP contribution is -2.49. The predicted octanol–water partition coefficient (Wildman–Crippen LogP) is 2.61. The lowest BCUT2D eigenvalue weighted by Gasteiger charge is -2.26. The van der Waals surface area contributed by atoms with Gasteiger partial charge in [-0.25, -0.2) is 0 Å². The largest absolute Gasteiger partial charge is 0.359 e. The van der Waals surface area contributed by atoms with Crippen molar-refractivity contribution in [2.45, 2.75) is 51.2 Å². The van der Waals surface area contributed by atoms with E-state index in [1.807, 2.05) is 48.5 Å². The van der Waals surface area contributed by atoms with Crippen LogP contribution in [-0.4, -0.2) is 49.2 Å². The second-order valence-corrected chi connectivity index (χ2v) is 9.84. The number of carbonyl (C=O) groups is 2. The summed E-state index contributed by atoms with van der Waals surface area (Å²) in [6.45, 7) is 3.71. The van der Waals surface area contributed by atoms with Crippen LogP contribution >= 0.6 is 0 Å². The number of carbonyl (C=O) groups excluding carboxylic acids is 2. The van der Waals surface area contributed by atoms with E-state index in [9.17, 15) is 9.59 Å². The lowest BCUT2D eigenvalue weighted by atomic mass is 10.0. The Labute approximate surface area is 213 Å².